The van der Waals surface area contributed by atoms with Crippen LogP contribution in [0.3, 0.4) is 0 Å². The van der Waals surface area contributed by atoms with E-state index >= 15 is 0 Å². The SMILES string of the molecule is CCC=CCCOC.O=CO. The molecule has 0 atom stereocenters. The van der Waals surface area contributed by atoms with Gasteiger partial charge in [-0.15, -0.1) is 0 Å². The Kier molecular flexibility index (Phi) is 18.7. The van der Waals surface area contributed by atoms with Crippen LogP contribution in [0.4, 0.5) is 0 Å². The van der Waals surface area contributed by atoms with Crippen LogP contribution < -0.4 is 0 Å². The van der Waals surface area contributed by atoms with Crippen molar-refractivity contribution in [3.8, 4) is 0 Å². The van der Waals surface area contributed by atoms with Crippen LogP contribution in [0.5, 0.6) is 0 Å². The number of rotatable bonds is 4. The first-order chi connectivity index (χ1) is 5.33. The lowest BCUT2D eigenvalue weighted by Crippen LogP contribution is -1.82. The molecule has 0 saturated carbocycles. The van der Waals surface area contributed by atoms with Gasteiger partial charge in [-0.05, 0) is 12.8 Å². The molecule has 0 saturated heterocycles. The van der Waals surface area contributed by atoms with Crippen molar-refractivity contribution < 1.29 is 14.6 Å². The molecular formula is C8H16O3. The Labute approximate surface area is 67.7 Å². The molecule has 66 valence electrons. The molecule has 3 heteroatoms. The van der Waals surface area contributed by atoms with Crippen molar-refractivity contribution in [1.29, 1.82) is 0 Å². The van der Waals surface area contributed by atoms with E-state index in [1.807, 2.05) is 0 Å². The Balaban J connectivity index is 0. The van der Waals surface area contributed by atoms with E-state index in [1.54, 1.807) is 7.11 Å². The second kappa shape index (κ2) is 16.1. The minimum atomic E-state index is -0.250. The summed E-state index contributed by atoms with van der Waals surface area (Å²) < 4.78 is 4.84. The summed E-state index contributed by atoms with van der Waals surface area (Å²) in [5.41, 5.74) is 0. The summed E-state index contributed by atoms with van der Waals surface area (Å²) >= 11 is 0. The number of allylic oxidation sites excluding steroid dienone is 1. The first-order valence-electron chi connectivity index (χ1n) is 3.55. The molecule has 0 bridgehead atoms. The van der Waals surface area contributed by atoms with Crippen molar-refractivity contribution in [3.05, 3.63) is 12.2 Å². The van der Waals surface area contributed by atoms with Crippen LogP contribution >= 0.6 is 0 Å². The maximum Gasteiger partial charge on any atom is 0.290 e. The molecule has 0 aromatic rings. The van der Waals surface area contributed by atoms with Gasteiger partial charge in [-0.2, -0.15) is 0 Å². The fourth-order valence-corrected chi connectivity index (χ4v) is 0.470. The summed E-state index contributed by atoms with van der Waals surface area (Å²) in [4.78, 5) is 8.36. The molecule has 0 aliphatic rings. The maximum absolute atomic E-state index is 8.36. The first kappa shape index (κ1) is 12.8. The van der Waals surface area contributed by atoms with Gasteiger partial charge in [-0.25, -0.2) is 0 Å². The second-order valence-electron chi connectivity index (χ2n) is 1.77. The normalized spacial score (nSPS) is 8.91. The molecule has 0 aromatic carbocycles. The van der Waals surface area contributed by atoms with E-state index in [0.29, 0.717) is 0 Å². The zero-order valence-electron chi connectivity index (χ0n) is 7.12. The highest BCUT2D eigenvalue weighted by atomic mass is 16.5. The van der Waals surface area contributed by atoms with E-state index in [-0.39, 0.29) is 6.47 Å². The molecule has 11 heavy (non-hydrogen) atoms. The Bertz CT molecular complexity index is 89.3. The van der Waals surface area contributed by atoms with Crippen LogP contribution in [0.15, 0.2) is 12.2 Å². The van der Waals surface area contributed by atoms with Crippen molar-refractivity contribution in [1.82, 2.24) is 0 Å². The van der Waals surface area contributed by atoms with Gasteiger partial charge in [0.15, 0.2) is 0 Å². The minimum Gasteiger partial charge on any atom is -0.483 e. The molecule has 0 aliphatic carbocycles. The van der Waals surface area contributed by atoms with Gasteiger partial charge in [-0.3, -0.25) is 4.79 Å². The molecule has 0 aliphatic heterocycles. The fraction of sp³-hybridized carbons (Fsp3) is 0.625. The lowest BCUT2D eigenvalue weighted by molar-refractivity contribution is -0.122. The van der Waals surface area contributed by atoms with E-state index < -0.39 is 0 Å². The molecule has 0 aromatic heterocycles. The second-order valence-corrected chi connectivity index (χ2v) is 1.77. The predicted molar refractivity (Wildman–Crippen MR) is 44.6 cm³/mol. The molecule has 0 fully saturated rings. The Morgan fingerprint density at radius 1 is 1.45 bits per heavy atom. The third-order valence-electron chi connectivity index (χ3n) is 0.891. The van der Waals surface area contributed by atoms with Crippen molar-refractivity contribution >= 4 is 6.47 Å². The number of carboxylic acid groups (broad SMARTS) is 1. The zero-order valence-corrected chi connectivity index (χ0v) is 7.12. The van der Waals surface area contributed by atoms with Crippen LogP contribution in [0.2, 0.25) is 0 Å². The number of hydrogen-bond donors (Lipinski definition) is 1. The number of ether oxygens (including phenoxy) is 1. The largest absolute Gasteiger partial charge is 0.483 e. The van der Waals surface area contributed by atoms with Gasteiger partial charge in [0.25, 0.3) is 6.47 Å². The molecule has 0 unspecified atom stereocenters. The van der Waals surface area contributed by atoms with E-state index in [2.05, 4.69) is 19.1 Å². The van der Waals surface area contributed by atoms with Crippen LogP contribution in [0.1, 0.15) is 19.8 Å². The monoisotopic (exact) mass is 160 g/mol. The summed E-state index contributed by atoms with van der Waals surface area (Å²) in [6.07, 6.45) is 6.47. The van der Waals surface area contributed by atoms with Gasteiger partial charge in [-0.1, -0.05) is 19.1 Å². The third-order valence-corrected chi connectivity index (χ3v) is 0.891. The smallest absolute Gasteiger partial charge is 0.290 e. The summed E-state index contributed by atoms with van der Waals surface area (Å²) in [6, 6.07) is 0. The summed E-state index contributed by atoms with van der Waals surface area (Å²) in [6.45, 7) is 2.72. The molecule has 0 heterocycles. The summed E-state index contributed by atoms with van der Waals surface area (Å²) in [7, 11) is 1.72. The zero-order chi connectivity index (χ0) is 8.95. The molecule has 1 N–H and O–H groups in total. The predicted octanol–water partition coefficient (Wildman–Crippen LogP) is 1.69. The number of carbonyl (C=O) groups is 1. The number of methoxy groups -OCH3 is 1. The van der Waals surface area contributed by atoms with Gasteiger partial charge >= 0.3 is 0 Å². The van der Waals surface area contributed by atoms with E-state index in [1.165, 1.54) is 0 Å². The van der Waals surface area contributed by atoms with E-state index in [4.69, 9.17) is 14.6 Å². The maximum atomic E-state index is 8.36. The van der Waals surface area contributed by atoms with Gasteiger partial charge < -0.3 is 9.84 Å². The average Bonchev–Trinajstić information content (AvgIpc) is 2.00. The standard InChI is InChI=1S/C7H14O.CH2O2/c1-3-4-5-6-7-8-2;2-1-3/h4-5H,3,6-7H2,1-2H3;1H,(H,2,3). The van der Waals surface area contributed by atoms with Crippen molar-refractivity contribution in [2.45, 2.75) is 19.8 Å². The van der Waals surface area contributed by atoms with Gasteiger partial charge in [0.1, 0.15) is 0 Å². The van der Waals surface area contributed by atoms with Crippen LogP contribution in [-0.2, 0) is 9.53 Å². The first-order valence-corrected chi connectivity index (χ1v) is 3.55. The van der Waals surface area contributed by atoms with Crippen LogP contribution in [-0.4, -0.2) is 25.3 Å². The van der Waals surface area contributed by atoms with Gasteiger partial charge in [0.2, 0.25) is 0 Å². The Morgan fingerprint density at radius 3 is 2.36 bits per heavy atom. The summed E-state index contributed by atoms with van der Waals surface area (Å²) in [5.74, 6) is 0. The Morgan fingerprint density at radius 2 is 2.00 bits per heavy atom. The van der Waals surface area contributed by atoms with E-state index in [0.717, 1.165) is 19.4 Å². The highest BCUT2D eigenvalue weighted by Crippen LogP contribution is 1.85. The molecule has 0 amide bonds. The van der Waals surface area contributed by atoms with Crippen molar-refractivity contribution in [2.75, 3.05) is 13.7 Å². The lowest BCUT2D eigenvalue weighted by atomic mass is 10.3. The molecule has 0 radical (unpaired) electrons. The fourth-order valence-electron chi connectivity index (χ4n) is 0.470. The highest BCUT2D eigenvalue weighted by Gasteiger charge is 1.73. The average molecular weight is 160 g/mol. The molecule has 3 nitrogen and oxygen atoms in total. The summed E-state index contributed by atoms with van der Waals surface area (Å²) in [5, 5.41) is 6.89. The highest BCUT2D eigenvalue weighted by molar-refractivity contribution is 5.32. The topological polar surface area (TPSA) is 46.5 Å². The Hall–Kier alpha value is -0.830. The van der Waals surface area contributed by atoms with Gasteiger partial charge in [0, 0.05) is 13.7 Å². The van der Waals surface area contributed by atoms with E-state index in [9.17, 15) is 0 Å². The quantitative estimate of drug-likeness (QED) is 0.386. The number of hydrogen-bond acceptors (Lipinski definition) is 2. The third kappa shape index (κ3) is 27.1. The van der Waals surface area contributed by atoms with Crippen molar-refractivity contribution in [2.24, 2.45) is 0 Å². The molecule has 0 spiro atoms. The minimum absolute atomic E-state index is 0.250. The van der Waals surface area contributed by atoms with Crippen LogP contribution in [0, 0.1) is 0 Å². The molecular weight excluding hydrogens is 144 g/mol. The van der Waals surface area contributed by atoms with Gasteiger partial charge in [0.05, 0.1) is 0 Å². The van der Waals surface area contributed by atoms with Crippen LogP contribution in [0.25, 0.3) is 0 Å². The van der Waals surface area contributed by atoms with Crippen molar-refractivity contribution in [3.63, 3.8) is 0 Å². The molecule has 0 rings (SSSR count). The lowest BCUT2D eigenvalue weighted by Gasteiger charge is -1.88.